The molecule has 7 N–H and O–H groups in total. The number of aromatic amines is 1. The van der Waals surface area contributed by atoms with Gasteiger partial charge < -0.3 is 40.2 Å². The van der Waals surface area contributed by atoms with Crippen LogP contribution in [0.2, 0.25) is 0 Å². The van der Waals surface area contributed by atoms with Crippen LogP contribution < -0.4 is 21.9 Å². The minimum atomic E-state index is -5.01. The molecular formula is C12H13N5O8P-. The SMILES string of the molecule is NC(=O)c1cn(C2C=C(O)C(COP(=O)([O-])O)O2)c2nc(N)[nH]c(=O)c12. The number of nitrogens with one attached hydrogen (secondary N) is 1. The zero-order valence-electron chi connectivity index (χ0n) is 12.9. The van der Waals surface area contributed by atoms with E-state index in [-0.39, 0.29) is 28.3 Å². The Hall–Kier alpha value is -2.70. The van der Waals surface area contributed by atoms with E-state index in [1.54, 1.807) is 0 Å². The number of amides is 1. The summed E-state index contributed by atoms with van der Waals surface area (Å²) in [4.78, 5) is 49.1. The second-order valence-corrected chi connectivity index (χ2v) is 6.53. The van der Waals surface area contributed by atoms with Crippen LogP contribution >= 0.6 is 7.82 Å². The molecule has 0 aromatic carbocycles. The number of H-pyrrole nitrogens is 1. The van der Waals surface area contributed by atoms with Crippen molar-refractivity contribution in [1.82, 2.24) is 14.5 Å². The van der Waals surface area contributed by atoms with E-state index in [1.807, 2.05) is 0 Å². The van der Waals surface area contributed by atoms with Gasteiger partial charge in [-0.3, -0.25) is 19.1 Å². The summed E-state index contributed by atoms with van der Waals surface area (Å²) in [6.07, 6.45) is 0.0716. The van der Waals surface area contributed by atoms with Crippen LogP contribution in [0.5, 0.6) is 0 Å². The molecule has 2 aromatic heterocycles. The van der Waals surface area contributed by atoms with E-state index < -0.39 is 38.2 Å². The van der Waals surface area contributed by atoms with E-state index in [9.17, 15) is 24.2 Å². The fourth-order valence-corrected chi connectivity index (χ4v) is 2.84. The van der Waals surface area contributed by atoms with Crippen LogP contribution in [0.25, 0.3) is 11.0 Å². The summed E-state index contributed by atoms with van der Waals surface area (Å²) >= 11 is 0. The lowest BCUT2D eigenvalue weighted by atomic mass is 10.2. The number of carbonyl (C=O) groups is 1. The fourth-order valence-electron chi connectivity index (χ4n) is 2.52. The lowest BCUT2D eigenvalue weighted by molar-refractivity contribution is -0.222. The Morgan fingerprint density at radius 3 is 2.88 bits per heavy atom. The van der Waals surface area contributed by atoms with Crippen LogP contribution in [0, 0.1) is 0 Å². The molecule has 3 heterocycles. The number of carbonyl (C=O) groups excluding carboxylic acids is 1. The maximum atomic E-state index is 12.1. The Morgan fingerprint density at radius 2 is 2.27 bits per heavy atom. The summed E-state index contributed by atoms with van der Waals surface area (Å²) in [6.45, 7) is -0.686. The number of primary amides is 1. The number of rotatable bonds is 5. The van der Waals surface area contributed by atoms with Crippen LogP contribution in [0.4, 0.5) is 5.95 Å². The number of nitrogens with zero attached hydrogens (tertiary/aromatic N) is 2. The number of fused-ring (bicyclic) bond motifs is 1. The smallest absolute Gasteiger partial charge is 0.265 e. The Bertz CT molecular complexity index is 1020. The number of phosphoric acid groups is 1. The topological polar surface area (TPSA) is 219 Å². The summed E-state index contributed by atoms with van der Waals surface area (Å²) in [6, 6.07) is 0. The molecule has 3 unspecified atom stereocenters. The van der Waals surface area contributed by atoms with Crippen LogP contribution in [0.15, 0.2) is 22.8 Å². The lowest BCUT2D eigenvalue weighted by Gasteiger charge is -2.20. The number of phosphoric ester groups is 1. The predicted molar refractivity (Wildman–Crippen MR) is 83.7 cm³/mol. The molecule has 0 saturated heterocycles. The zero-order chi connectivity index (χ0) is 19.2. The number of anilines is 1. The van der Waals surface area contributed by atoms with Gasteiger partial charge in [-0.2, -0.15) is 4.98 Å². The highest BCUT2D eigenvalue weighted by Gasteiger charge is 2.31. The third kappa shape index (κ3) is 3.34. The van der Waals surface area contributed by atoms with Gasteiger partial charge in [-0.1, -0.05) is 0 Å². The molecule has 0 radical (unpaired) electrons. The molecule has 0 fully saturated rings. The minimum absolute atomic E-state index is 0.0349. The first-order valence-electron chi connectivity index (χ1n) is 7.01. The lowest BCUT2D eigenvalue weighted by Crippen LogP contribution is -2.21. The van der Waals surface area contributed by atoms with Crippen molar-refractivity contribution in [3.63, 3.8) is 0 Å². The normalized spacial score (nSPS) is 22.3. The van der Waals surface area contributed by atoms with E-state index >= 15 is 0 Å². The molecule has 0 bridgehead atoms. The van der Waals surface area contributed by atoms with Gasteiger partial charge in [0.1, 0.15) is 11.9 Å². The minimum Gasteiger partial charge on any atom is -0.756 e. The predicted octanol–water partition coefficient (Wildman–Crippen LogP) is -1.78. The van der Waals surface area contributed by atoms with Gasteiger partial charge >= 0.3 is 0 Å². The summed E-state index contributed by atoms with van der Waals surface area (Å²) in [7, 11) is -5.01. The van der Waals surface area contributed by atoms with Crippen molar-refractivity contribution in [3.05, 3.63) is 33.9 Å². The molecule has 140 valence electrons. The Balaban J connectivity index is 2.00. The molecule has 13 nitrogen and oxygen atoms in total. The van der Waals surface area contributed by atoms with E-state index in [0.29, 0.717) is 0 Å². The third-order valence-electron chi connectivity index (χ3n) is 3.58. The van der Waals surface area contributed by atoms with Crippen molar-refractivity contribution < 1.29 is 33.5 Å². The maximum Gasteiger partial charge on any atom is 0.265 e. The van der Waals surface area contributed by atoms with Gasteiger partial charge in [0.2, 0.25) is 5.95 Å². The molecule has 14 heteroatoms. The Morgan fingerprint density at radius 1 is 1.58 bits per heavy atom. The second kappa shape index (κ2) is 6.23. The number of ether oxygens (including phenoxy) is 1. The van der Waals surface area contributed by atoms with Gasteiger partial charge in [0, 0.05) is 12.3 Å². The van der Waals surface area contributed by atoms with Crippen molar-refractivity contribution in [3.8, 4) is 0 Å². The number of aliphatic hydroxyl groups excluding tert-OH is 1. The monoisotopic (exact) mass is 386 g/mol. The number of nitrogens with two attached hydrogens (primary N) is 2. The molecule has 1 aliphatic rings. The van der Waals surface area contributed by atoms with Crippen LogP contribution in [-0.2, 0) is 13.8 Å². The third-order valence-corrected chi connectivity index (χ3v) is 4.05. The van der Waals surface area contributed by atoms with Crippen molar-refractivity contribution >= 4 is 30.7 Å². The Kier molecular flexibility index (Phi) is 4.34. The second-order valence-electron chi connectivity index (χ2n) is 5.34. The molecule has 1 aliphatic heterocycles. The number of aromatic nitrogens is 3. The van der Waals surface area contributed by atoms with Crippen molar-refractivity contribution in [1.29, 1.82) is 0 Å². The van der Waals surface area contributed by atoms with Gasteiger partial charge in [-0.25, -0.2) is 0 Å². The number of hydrogen-bond acceptors (Lipinski definition) is 9. The van der Waals surface area contributed by atoms with Crippen LogP contribution in [-0.4, -0.2) is 43.2 Å². The fraction of sp³-hybridized carbons (Fsp3) is 0.250. The zero-order valence-corrected chi connectivity index (χ0v) is 13.8. The van der Waals surface area contributed by atoms with E-state index in [1.165, 1.54) is 16.8 Å². The first-order valence-corrected chi connectivity index (χ1v) is 8.51. The van der Waals surface area contributed by atoms with Crippen molar-refractivity contribution in [2.75, 3.05) is 12.3 Å². The van der Waals surface area contributed by atoms with Gasteiger partial charge in [-0.15, -0.1) is 0 Å². The first-order chi connectivity index (χ1) is 12.1. The van der Waals surface area contributed by atoms with Crippen LogP contribution in [0.3, 0.4) is 0 Å². The molecule has 0 spiro atoms. The molecule has 26 heavy (non-hydrogen) atoms. The molecule has 3 atom stereocenters. The summed E-state index contributed by atoms with van der Waals surface area (Å²) in [5, 5.41) is 9.76. The van der Waals surface area contributed by atoms with Crippen LogP contribution in [0.1, 0.15) is 16.6 Å². The summed E-state index contributed by atoms with van der Waals surface area (Å²) in [5.41, 5.74) is 9.90. The highest BCUT2D eigenvalue weighted by atomic mass is 31.2. The van der Waals surface area contributed by atoms with E-state index in [2.05, 4.69) is 14.5 Å². The largest absolute Gasteiger partial charge is 0.756 e. The summed E-state index contributed by atoms with van der Waals surface area (Å²) < 4.78 is 21.5. The average Bonchev–Trinajstić information content (AvgIpc) is 3.05. The first kappa shape index (κ1) is 18.1. The molecule has 0 saturated carbocycles. The molecule has 0 aliphatic carbocycles. The van der Waals surface area contributed by atoms with E-state index in [4.69, 9.17) is 21.1 Å². The van der Waals surface area contributed by atoms with E-state index in [0.717, 1.165) is 0 Å². The van der Waals surface area contributed by atoms with Gasteiger partial charge in [0.05, 0.1) is 17.6 Å². The van der Waals surface area contributed by atoms with Crippen molar-refractivity contribution in [2.45, 2.75) is 12.3 Å². The number of aliphatic hydroxyl groups is 1. The summed E-state index contributed by atoms with van der Waals surface area (Å²) in [5.74, 6) is -1.51. The molecule has 3 rings (SSSR count). The highest BCUT2D eigenvalue weighted by Crippen LogP contribution is 2.34. The standard InChI is InChI=1S/C12H14N5O8P/c13-9(19)4-2-17(10-8(4)11(20)16-12(14)15-10)7-1-5(18)6(25-7)3-24-26(21,22)23/h1-2,6-7,18H,3H2,(H2,13,19)(H2,21,22,23)(H3,14,15,16,20)/p-1. The quantitative estimate of drug-likeness (QED) is 0.364. The number of nitrogen functional groups attached to an aromatic ring is 1. The molecule has 1 amide bonds. The van der Waals surface area contributed by atoms with Gasteiger partial charge in [0.25, 0.3) is 19.3 Å². The highest BCUT2D eigenvalue weighted by molar-refractivity contribution is 7.44. The molecule has 2 aromatic rings. The maximum absolute atomic E-state index is 12.1. The molecular weight excluding hydrogens is 373 g/mol. The van der Waals surface area contributed by atoms with Crippen molar-refractivity contribution in [2.24, 2.45) is 5.73 Å². The Labute approximate surface area is 144 Å². The van der Waals surface area contributed by atoms with Gasteiger partial charge in [-0.05, 0) is 0 Å². The van der Waals surface area contributed by atoms with Gasteiger partial charge in [0.15, 0.2) is 11.9 Å². The number of hydrogen-bond donors (Lipinski definition) is 5. The average molecular weight is 386 g/mol.